The molecule has 5 rings (SSSR count). The van der Waals surface area contributed by atoms with Gasteiger partial charge in [-0.05, 0) is 78.3 Å². The molecule has 0 N–H and O–H groups in total. The molecule has 1 saturated carbocycles. The zero-order valence-electron chi connectivity index (χ0n) is 21.7. The van der Waals surface area contributed by atoms with E-state index in [2.05, 4.69) is 0 Å². The Labute approximate surface area is 239 Å². The van der Waals surface area contributed by atoms with Gasteiger partial charge in [-0.1, -0.05) is 35.3 Å². The van der Waals surface area contributed by atoms with Crippen molar-refractivity contribution < 1.29 is 26.7 Å². The molecule has 0 spiro atoms. The lowest BCUT2D eigenvalue weighted by atomic mass is 9.92. The number of carbonyl (C=O) groups excluding carboxylic acids is 1. The highest BCUT2D eigenvalue weighted by Gasteiger charge is 2.41. The maximum absolute atomic E-state index is 13.5. The Hall–Kier alpha value is -2.58. The second-order valence-corrected chi connectivity index (χ2v) is 11.6. The SMILES string of the molecule is O=C(c1ccc(-c2cc(Cl)c(Cc3ccn(C4CCC(F)(F)CC4)c3)c(Cl)c2)cc1)N1CCC(C(F)(F)F)CC1. The maximum Gasteiger partial charge on any atom is 0.391 e. The Morgan fingerprint density at radius 1 is 0.900 bits per heavy atom. The molecule has 2 heterocycles. The second kappa shape index (κ2) is 11.4. The lowest BCUT2D eigenvalue weighted by Gasteiger charge is -2.33. The summed E-state index contributed by atoms with van der Waals surface area (Å²) in [6.45, 7) is 0.162. The van der Waals surface area contributed by atoms with Crippen molar-refractivity contribution in [3.05, 3.63) is 81.6 Å². The summed E-state index contributed by atoms with van der Waals surface area (Å²) in [4.78, 5) is 14.3. The second-order valence-electron chi connectivity index (χ2n) is 10.8. The summed E-state index contributed by atoms with van der Waals surface area (Å²) >= 11 is 13.3. The molecular weight excluding hydrogens is 570 g/mol. The van der Waals surface area contributed by atoms with Gasteiger partial charge in [0.25, 0.3) is 5.91 Å². The molecule has 40 heavy (non-hydrogen) atoms. The summed E-state index contributed by atoms with van der Waals surface area (Å²) in [5, 5.41) is 0.973. The van der Waals surface area contributed by atoms with Crippen molar-refractivity contribution in [1.82, 2.24) is 9.47 Å². The molecule has 2 aromatic carbocycles. The Kier molecular flexibility index (Phi) is 8.22. The van der Waals surface area contributed by atoms with E-state index in [4.69, 9.17) is 23.2 Å². The van der Waals surface area contributed by atoms with E-state index in [0.717, 1.165) is 22.3 Å². The predicted molar refractivity (Wildman–Crippen MR) is 146 cm³/mol. The van der Waals surface area contributed by atoms with E-state index in [1.165, 1.54) is 4.90 Å². The number of likely N-dealkylation sites (tertiary alicyclic amines) is 1. The van der Waals surface area contributed by atoms with Crippen molar-refractivity contribution >= 4 is 29.1 Å². The Morgan fingerprint density at radius 3 is 2.08 bits per heavy atom. The molecule has 1 aliphatic carbocycles. The van der Waals surface area contributed by atoms with Crippen molar-refractivity contribution in [2.24, 2.45) is 5.92 Å². The number of piperidine rings is 1. The number of hydrogen-bond donors (Lipinski definition) is 0. The van der Waals surface area contributed by atoms with Crippen molar-refractivity contribution in [2.45, 2.75) is 63.1 Å². The molecule has 214 valence electrons. The third-order valence-electron chi connectivity index (χ3n) is 8.12. The molecule has 10 heteroatoms. The summed E-state index contributed by atoms with van der Waals surface area (Å²) in [7, 11) is 0. The molecule has 0 radical (unpaired) electrons. The van der Waals surface area contributed by atoms with Crippen LogP contribution in [0.4, 0.5) is 22.0 Å². The van der Waals surface area contributed by atoms with E-state index < -0.39 is 18.0 Å². The molecule has 2 fully saturated rings. The number of nitrogens with zero attached hydrogens (tertiary/aromatic N) is 2. The summed E-state index contributed by atoms with van der Waals surface area (Å²) < 4.78 is 67.9. The van der Waals surface area contributed by atoms with Crippen molar-refractivity contribution in [1.29, 1.82) is 0 Å². The smallest absolute Gasteiger partial charge is 0.351 e. The molecule has 0 unspecified atom stereocenters. The molecule has 2 aliphatic rings. The minimum absolute atomic E-state index is 0.0586. The first-order valence-electron chi connectivity index (χ1n) is 13.4. The average molecular weight is 599 g/mol. The number of benzene rings is 2. The van der Waals surface area contributed by atoms with E-state index in [1.807, 2.05) is 35.2 Å². The van der Waals surface area contributed by atoms with Crippen molar-refractivity contribution in [3.63, 3.8) is 0 Å². The zero-order chi connectivity index (χ0) is 28.7. The molecule has 1 amide bonds. The minimum atomic E-state index is -4.22. The van der Waals surface area contributed by atoms with Gasteiger partial charge in [0, 0.05) is 66.4 Å². The monoisotopic (exact) mass is 598 g/mol. The lowest BCUT2D eigenvalue weighted by Crippen LogP contribution is -2.42. The van der Waals surface area contributed by atoms with Gasteiger partial charge < -0.3 is 9.47 Å². The highest BCUT2D eigenvalue weighted by molar-refractivity contribution is 6.36. The Balaban J connectivity index is 1.24. The van der Waals surface area contributed by atoms with Crippen LogP contribution in [0, 0.1) is 5.92 Å². The largest absolute Gasteiger partial charge is 0.391 e. The van der Waals surface area contributed by atoms with Crippen LogP contribution in [0.15, 0.2) is 54.9 Å². The topological polar surface area (TPSA) is 25.2 Å². The van der Waals surface area contributed by atoms with Gasteiger partial charge in [-0.3, -0.25) is 4.79 Å². The lowest BCUT2D eigenvalue weighted by molar-refractivity contribution is -0.183. The van der Waals surface area contributed by atoms with Crippen LogP contribution in [0.5, 0.6) is 0 Å². The van der Waals surface area contributed by atoms with Crippen LogP contribution in [0.1, 0.15) is 66.1 Å². The standard InChI is InChI=1S/C30H29Cl2F5N2O/c31-26-16-22(20-1-3-21(4-2-20)28(40)38-13-8-23(9-14-38)30(35,36)37)17-27(32)25(26)15-19-7-12-39(18-19)24-5-10-29(33,34)11-6-24/h1-4,7,12,16-18,23-24H,5-6,8-11,13-15H2. The van der Waals surface area contributed by atoms with Crippen LogP contribution in [0.3, 0.4) is 0 Å². The van der Waals surface area contributed by atoms with Gasteiger partial charge in [0.05, 0.1) is 5.92 Å². The maximum atomic E-state index is 13.5. The quantitative estimate of drug-likeness (QED) is 0.269. The van der Waals surface area contributed by atoms with Gasteiger partial charge in [-0.25, -0.2) is 8.78 Å². The van der Waals surface area contributed by atoms with E-state index in [-0.39, 0.29) is 50.7 Å². The van der Waals surface area contributed by atoms with Crippen LogP contribution in [-0.4, -0.2) is 40.6 Å². The number of rotatable bonds is 5. The molecular formula is C30H29Cl2F5N2O. The Morgan fingerprint density at radius 2 is 1.50 bits per heavy atom. The number of alkyl halides is 5. The van der Waals surface area contributed by atoms with Gasteiger partial charge in [-0.15, -0.1) is 0 Å². The zero-order valence-corrected chi connectivity index (χ0v) is 23.2. The predicted octanol–water partition coefficient (Wildman–Crippen LogP) is 9.22. The summed E-state index contributed by atoms with van der Waals surface area (Å²) in [5.41, 5.74) is 3.71. The minimum Gasteiger partial charge on any atom is -0.351 e. The van der Waals surface area contributed by atoms with Gasteiger partial charge in [0.2, 0.25) is 5.92 Å². The number of carbonyl (C=O) groups is 1. The van der Waals surface area contributed by atoms with Gasteiger partial charge in [0.15, 0.2) is 0 Å². The number of amides is 1. The number of aromatic nitrogens is 1. The van der Waals surface area contributed by atoms with Crippen LogP contribution in [0.2, 0.25) is 10.0 Å². The average Bonchev–Trinajstić information content (AvgIpc) is 3.38. The molecule has 1 aliphatic heterocycles. The first kappa shape index (κ1) is 28.9. The number of halogens is 7. The van der Waals surface area contributed by atoms with Crippen LogP contribution in [-0.2, 0) is 6.42 Å². The van der Waals surface area contributed by atoms with E-state index in [0.29, 0.717) is 34.9 Å². The van der Waals surface area contributed by atoms with Crippen molar-refractivity contribution in [2.75, 3.05) is 13.1 Å². The summed E-state index contributed by atoms with van der Waals surface area (Å²) in [5.74, 6) is -4.21. The van der Waals surface area contributed by atoms with Gasteiger partial charge in [0.1, 0.15) is 0 Å². The summed E-state index contributed by atoms with van der Waals surface area (Å²) in [6, 6.07) is 12.5. The van der Waals surface area contributed by atoms with Crippen LogP contribution in [0.25, 0.3) is 11.1 Å². The summed E-state index contributed by atoms with van der Waals surface area (Å²) in [6.07, 6.45) is 0.680. The van der Waals surface area contributed by atoms with Crippen molar-refractivity contribution in [3.8, 4) is 11.1 Å². The van der Waals surface area contributed by atoms with Crippen LogP contribution < -0.4 is 0 Å². The first-order chi connectivity index (χ1) is 18.9. The van der Waals surface area contributed by atoms with E-state index >= 15 is 0 Å². The van der Waals surface area contributed by atoms with E-state index in [1.54, 1.807) is 24.3 Å². The van der Waals surface area contributed by atoms with E-state index in [9.17, 15) is 26.7 Å². The Bertz CT molecular complexity index is 1330. The molecule has 1 aromatic heterocycles. The molecule has 0 bridgehead atoms. The fourth-order valence-corrected chi connectivity index (χ4v) is 6.28. The third-order valence-corrected chi connectivity index (χ3v) is 8.79. The highest BCUT2D eigenvalue weighted by Crippen LogP contribution is 2.39. The molecule has 0 atom stereocenters. The van der Waals surface area contributed by atoms with Gasteiger partial charge in [-0.2, -0.15) is 13.2 Å². The molecule has 3 aromatic rings. The highest BCUT2D eigenvalue weighted by atomic mass is 35.5. The normalized spacial score (nSPS) is 18.7. The van der Waals surface area contributed by atoms with Gasteiger partial charge >= 0.3 is 6.18 Å². The fourth-order valence-electron chi connectivity index (χ4n) is 5.65. The number of hydrogen-bond acceptors (Lipinski definition) is 1. The third kappa shape index (κ3) is 6.49. The van der Waals surface area contributed by atoms with Crippen LogP contribution >= 0.6 is 23.2 Å². The molecule has 1 saturated heterocycles. The fraction of sp³-hybridized carbons (Fsp3) is 0.433. The molecule has 3 nitrogen and oxygen atoms in total. The first-order valence-corrected chi connectivity index (χ1v) is 14.1.